The van der Waals surface area contributed by atoms with Gasteiger partial charge in [-0.3, -0.25) is 4.90 Å². The summed E-state index contributed by atoms with van der Waals surface area (Å²) in [6.45, 7) is 3.84. The monoisotopic (exact) mass is 389 g/mol. The molecule has 5 rings (SSSR count). The van der Waals surface area contributed by atoms with E-state index in [4.69, 9.17) is 0 Å². The fourth-order valence-electron chi connectivity index (χ4n) is 4.55. The lowest BCUT2D eigenvalue weighted by molar-refractivity contribution is 0.191. The lowest BCUT2D eigenvalue weighted by Crippen LogP contribution is -2.35. The van der Waals surface area contributed by atoms with Crippen molar-refractivity contribution in [2.24, 2.45) is 14.1 Å². The van der Waals surface area contributed by atoms with Gasteiger partial charge in [0.2, 0.25) is 0 Å². The van der Waals surface area contributed by atoms with Gasteiger partial charge in [-0.05, 0) is 36.9 Å². The molecule has 1 aliphatic rings. The quantitative estimate of drug-likeness (QED) is 0.527. The Labute approximate surface area is 170 Å². The fourth-order valence-corrected chi connectivity index (χ4v) is 4.55. The summed E-state index contributed by atoms with van der Waals surface area (Å²) in [7, 11) is 4.26. The molecule has 1 atom stereocenters. The first-order valence-electron chi connectivity index (χ1n) is 10.3. The number of para-hydroxylation sites is 1. The van der Waals surface area contributed by atoms with E-state index >= 15 is 0 Å². The summed E-state index contributed by atoms with van der Waals surface area (Å²) >= 11 is 0. The van der Waals surface area contributed by atoms with E-state index in [2.05, 4.69) is 73.6 Å². The number of fused-ring (bicyclic) bond motifs is 1. The van der Waals surface area contributed by atoms with E-state index in [1.54, 1.807) is 6.20 Å². The minimum absolute atomic E-state index is 0.424. The Morgan fingerprint density at radius 1 is 1.07 bits per heavy atom. The maximum absolute atomic E-state index is 4.56. The van der Waals surface area contributed by atoms with Gasteiger partial charge in [-0.15, -0.1) is 10.2 Å². The van der Waals surface area contributed by atoms with Crippen molar-refractivity contribution >= 4 is 10.9 Å². The van der Waals surface area contributed by atoms with Crippen LogP contribution in [0.5, 0.6) is 0 Å². The summed E-state index contributed by atoms with van der Waals surface area (Å²) in [4.78, 5) is 6.68. The van der Waals surface area contributed by atoms with Gasteiger partial charge in [0, 0.05) is 56.7 Å². The van der Waals surface area contributed by atoms with Crippen LogP contribution in [0, 0.1) is 0 Å². The average molecular weight is 390 g/mol. The molecule has 0 aliphatic carbocycles. The van der Waals surface area contributed by atoms with Crippen LogP contribution in [0.2, 0.25) is 0 Å². The topological polar surface area (TPSA) is 56.7 Å². The minimum atomic E-state index is 0.424. The normalized spacial score (nSPS) is 17.9. The molecule has 1 aromatic carbocycles. The van der Waals surface area contributed by atoms with Gasteiger partial charge in [0.15, 0.2) is 5.82 Å². The molecular weight excluding hydrogens is 362 g/mol. The molecule has 1 saturated heterocycles. The van der Waals surface area contributed by atoms with Gasteiger partial charge in [0.05, 0.1) is 12.9 Å². The van der Waals surface area contributed by atoms with E-state index in [9.17, 15) is 0 Å². The number of hydrogen-bond acceptors (Lipinski definition) is 4. The molecule has 7 nitrogen and oxygen atoms in total. The van der Waals surface area contributed by atoms with Crippen molar-refractivity contribution in [1.29, 1.82) is 0 Å². The molecule has 0 N–H and O–H groups in total. The van der Waals surface area contributed by atoms with Crippen molar-refractivity contribution in [1.82, 2.24) is 33.8 Å². The summed E-state index contributed by atoms with van der Waals surface area (Å²) in [6.07, 6.45) is 7.94. The van der Waals surface area contributed by atoms with Crippen LogP contribution in [0.1, 0.15) is 36.1 Å². The van der Waals surface area contributed by atoms with Crippen LogP contribution in [-0.4, -0.2) is 46.9 Å². The van der Waals surface area contributed by atoms with E-state index in [-0.39, 0.29) is 0 Å². The van der Waals surface area contributed by atoms with Crippen molar-refractivity contribution in [3.8, 4) is 0 Å². The zero-order valence-electron chi connectivity index (χ0n) is 17.1. The van der Waals surface area contributed by atoms with E-state index in [1.807, 2.05) is 17.1 Å². The Bertz CT molecular complexity index is 1110. The third-order valence-corrected chi connectivity index (χ3v) is 6.19. The van der Waals surface area contributed by atoms with Gasteiger partial charge in [-0.25, -0.2) is 4.98 Å². The van der Waals surface area contributed by atoms with Gasteiger partial charge < -0.3 is 13.7 Å². The number of aromatic nitrogens is 6. The Kier molecular flexibility index (Phi) is 4.67. The van der Waals surface area contributed by atoms with Gasteiger partial charge in [0.1, 0.15) is 5.82 Å². The van der Waals surface area contributed by atoms with E-state index in [0.717, 1.165) is 31.3 Å². The summed E-state index contributed by atoms with van der Waals surface area (Å²) in [5.74, 6) is 2.50. The molecule has 0 bridgehead atoms. The fraction of sp³-hybridized carbons (Fsp3) is 0.409. The first-order valence-corrected chi connectivity index (χ1v) is 10.3. The molecule has 1 fully saturated rings. The molecule has 29 heavy (non-hydrogen) atoms. The van der Waals surface area contributed by atoms with E-state index in [0.29, 0.717) is 12.5 Å². The van der Waals surface area contributed by atoms with Crippen molar-refractivity contribution in [3.05, 3.63) is 66.4 Å². The summed E-state index contributed by atoms with van der Waals surface area (Å²) in [5.41, 5.74) is 2.67. The first kappa shape index (κ1) is 18.1. The number of rotatable bonds is 5. The largest absolute Gasteiger partial charge is 0.346 e. The van der Waals surface area contributed by atoms with E-state index < -0.39 is 0 Å². The minimum Gasteiger partial charge on any atom is -0.346 e. The predicted molar refractivity (Wildman–Crippen MR) is 113 cm³/mol. The highest BCUT2D eigenvalue weighted by Gasteiger charge is 2.26. The lowest BCUT2D eigenvalue weighted by Gasteiger charge is -2.32. The van der Waals surface area contributed by atoms with Crippen LogP contribution in [0.3, 0.4) is 0 Å². The highest BCUT2D eigenvalue weighted by atomic mass is 15.3. The number of benzene rings is 1. The zero-order valence-corrected chi connectivity index (χ0v) is 17.1. The smallest absolute Gasteiger partial charge is 0.152 e. The van der Waals surface area contributed by atoms with Gasteiger partial charge in [-0.1, -0.05) is 18.2 Å². The number of nitrogens with zero attached hydrogens (tertiary/aromatic N) is 7. The molecule has 1 aliphatic heterocycles. The van der Waals surface area contributed by atoms with Crippen LogP contribution in [0.25, 0.3) is 10.9 Å². The van der Waals surface area contributed by atoms with Gasteiger partial charge >= 0.3 is 0 Å². The second-order valence-electron chi connectivity index (χ2n) is 8.10. The molecule has 7 heteroatoms. The Balaban J connectivity index is 1.32. The molecule has 0 spiro atoms. The highest BCUT2D eigenvalue weighted by Crippen LogP contribution is 2.28. The van der Waals surface area contributed by atoms with Crippen LogP contribution < -0.4 is 0 Å². The maximum atomic E-state index is 4.56. The number of aryl methyl sites for hydroxylation is 1. The molecule has 0 saturated carbocycles. The standard InChI is InChI=1S/C22H27N7/c1-26-19(12-17-6-3-4-8-20(17)26)14-28-10-5-7-18(13-28)22-25-24-21(27(22)2)15-29-11-9-23-16-29/h3-4,6,8-9,11-12,16,18H,5,7,10,13-15H2,1-2H3/t18-/m0/s1. The van der Waals surface area contributed by atoms with Crippen LogP contribution in [0.15, 0.2) is 49.1 Å². The molecule has 0 amide bonds. The van der Waals surface area contributed by atoms with Crippen molar-refractivity contribution < 1.29 is 0 Å². The average Bonchev–Trinajstić information content (AvgIpc) is 3.45. The Hall–Kier alpha value is -2.93. The molecule has 0 radical (unpaired) electrons. The van der Waals surface area contributed by atoms with E-state index in [1.165, 1.54) is 29.4 Å². The second-order valence-corrected chi connectivity index (χ2v) is 8.10. The zero-order chi connectivity index (χ0) is 19.8. The number of piperidine rings is 1. The summed E-state index contributed by atoms with van der Waals surface area (Å²) in [5, 5.41) is 10.3. The summed E-state index contributed by atoms with van der Waals surface area (Å²) < 4.78 is 6.52. The van der Waals surface area contributed by atoms with Crippen molar-refractivity contribution in [2.75, 3.05) is 13.1 Å². The number of hydrogen-bond donors (Lipinski definition) is 0. The highest BCUT2D eigenvalue weighted by molar-refractivity contribution is 5.81. The predicted octanol–water partition coefficient (Wildman–Crippen LogP) is 2.93. The molecule has 3 aromatic heterocycles. The van der Waals surface area contributed by atoms with Gasteiger partial charge in [0.25, 0.3) is 0 Å². The first-order chi connectivity index (χ1) is 14.2. The van der Waals surface area contributed by atoms with Crippen molar-refractivity contribution in [2.45, 2.75) is 31.8 Å². The summed E-state index contributed by atoms with van der Waals surface area (Å²) in [6, 6.07) is 10.9. The van der Waals surface area contributed by atoms with Crippen LogP contribution in [0.4, 0.5) is 0 Å². The van der Waals surface area contributed by atoms with Gasteiger partial charge in [-0.2, -0.15) is 0 Å². The second kappa shape index (κ2) is 7.48. The molecule has 4 aromatic rings. The SMILES string of the molecule is Cn1c(Cn2ccnc2)nnc1[C@H]1CCCN(Cc2cc3ccccc3n2C)C1. The molecule has 150 valence electrons. The number of likely N-dealkylation sites (tertiary alicyclic amines) is 1. The van der Waals surface area contributed by atoms with Crippen LogP contribution >= 0.6 is 0 Å². The van der Waals surface area contributed by atoms with Crippen molar-refractivity contribution in [3.63, 3.8) is 0 Å². The third-order valence-electron chi connectivity index (χ3n) is 6.19. The molecule has 0 unspecified atom stereocenters. The Morgan fingerprint density at radius 3 is 2.79 bits per heavy atom. The Morgan fingerprint density at radius 2 is 1.97 bits per heavy atom. The van der Waals surface area contributed by atoms with Crippen LogP contribution in [-0.2, 0) is 27.2 Å². The lowest BCUT2D eigenvalue weighted by atomic mass is 9.97. The third kappa shape index (κ3) is 3.46. The number of imidazole rings is 1. The molecular formula is C22H27N7. The molecule has 4 heterocycles. The maximum Gasteiger partial charge on any atom is 0.152 e.